The third-order valence-corrected chi connectivity index (χ3v) is 2.12. The molecule has 0 radical (unpaired) electrons. The van der Waals surface area contributed by atoms with E-state index in [0.29, 0.717) is 0 Å². The molecular weight excluding hydrogens is 208 g/mol. The molecular formula is C12H13ClN2. The van der Waals surface area contributed by atoms with Gasteiger partial charge in [0.25, 0.3) is 0 Å². The largest absolute Gasteiger partial charge is 0.386 e. The molecule has 3 heteroatoms. The van der Waals surface area contributed by atoms with Gasteiger partial charge < -0.3 is 5.32 Å². The number of nitrogens with zero attached hydrogens (tertiary/aromatic N) is 1. The Bertz CT molecular complexity index is 415. The fraction of sp³-hybridized carbons (Fsp3) is 0.0833. The lowest BCUT2D eigenvalue weighted by Gasteiger charge is -2.06. The maximum atomic E-state index is 4.36. The number of nitrogens with one attached hydrogen (secondary N) is 1. The van der Waals surface area contributed by atoms with E-state index in [9.17, 15) is 0 Å². The molecule has 2 rings (SSSR count). The molecule has 78 valence electrons. The van der Waals surface area contributed by atoms with Gasteiger partial charge in [0.15, 0.2) is 0 Å². The van der Waals surface area contributed by atoms with Crippen LogP contribution in [0.2, 0.25) is 0 Å². The zero-order valence-corrected chi connectivity index (χ0v) is 9.29. The molecule has 1 heterocycles. The topological polar surface area (TPSA) is 24.9 Å². The Morgan fingerprint density at radius 1 is 1.00 bits per heavy atom. The first-order chi connectivity index (χ1) is 6.92. The minimum atomic E-state index is 0. The Balaban J connectivity index is 0.00000112. The molecule has 0 aliphatic rings. The molecule has 0 fully saturated rings. The van der Waals surface area contributed by atoms with Crippen molar-refractivity contribution in [2.75, 3.05) is 12.4 Å². The lowest BCUT2D eigenvalue weighted by atomic mass is 10.1. The first kappa shape index (κ1) is 11.5. The van der Waals surface area contributed by atoms with Crippen LogP contribution in [0, 0.1) is 0 Å². The predicted octanol–water partition coefficient (Wildman–Crippen LogP) is 3.21. The summed E-state index contributed by atoms with van der Waals surface area (Å²) in [5, 5.41) is 3.13. The molecule has 1 N–H and O–H groups in total. The summed E-state index contributed by atoms with van der Waals surface area (Å²) in [5.74, 6) is 0. The lowest BCUT2D eigenvalue weighted by Crippen LogP contribution is -1.93. The number of aromatic nitrogens is 1. The molecule has 1 aromatic heterocycles. The van der Waals surface area contributed by atoms with Crippen molar-refractivity contribution in [2.45, 2.75) is 0 Å². The molecule has 0 aliphatic heterocycles. The molecule has 1 aromatic carbocycles. The Kier molecular flexibility index (Phi) is 4.13. The van der Waals surface area contributed by atoms with E-state index < -0.39 is 0 Å². The van der Waals surface area contributed by atoms with Crippen molar-refractivity contribution in [2.24, 2.45) is 0 Å². The first-order valence-electron chi connectivity index (χ1n) is 4.60. The van der Waals surface area contributed by atoms with Gasteiger partial charge in [0, 0.05) is 18.8 Å². The first-order valence-corrected chi connectivity index (χ1v) is 4.60. The highest BCUT2D eigenvalue weighted by Gasteiger charge is 2.02. The second-order valence-corrected chi connectivity index (χ2v) is 3.02. The van der Waals surface area contributed by atoms with Gasteiger partial charge in [-0.15, -0.1) is 12.4 Å². The molecule has 0 spiro atoms. The minimum Gasteiger partial charge on any atom is -0.386 e. The molecule has 0 aliphatic carbocycles. The number of benzene rings is 1. The third-order valence-electron chi connectivity index (χ3n) is 2.12. The van der Waals surface area contributed by atoms with Crippen molar-refractivity contribution in [3.63, 3.8) is 0 Å². The van der Waals surface area contributed by atoms with Crippen molar-refractivity contribution < 1.29 is 0 Å². The quantitative estimate of drug-likeness (QED) is 0.841. The number of hydrogen-bond donors (Lipinski definition) is 1. The monoisotopic (exact) mass is 220 g/mol. The summed E-state index contributed by atoms with van der Waals surface area (Å²) in [6.45, 7) is 0. The van der Waals surface area contributed by atoms with Gasteiger partial charge in [0.2, 0.25) is 0 Å². The van der Waals surface area contributed by atoms with Crippen molar-refractivity contribution in [1.82, 2.24) is 4.98 Å². The number of hydrogen-bond acceptors (Lipinski definition) is 2. The highest BCUT2D eigenvalue weighted by Crippen LogP contribution is 2.23. The maximum Gasteiger partial charge on any atom is 0.0933 e. The summed E-state index contributed by atoms with van der Waals surface area (Å²) < 4.78 is 0. The number of halogens is 1. The molecule has 15 heavy (non-hydrogen) atoms. The zero-order chi connectivity index (χ0) is 9.80. The molecule has 0 amide bonds. The van der Waals surface area contributed by atoms with E-state index in [0.717, 1.165) is 16.9 Å². The molecule has 0 unspecified atom stereocenters. The summed E-state index contributed by atoms with van der Waals surface area (Å²) in [7, 11) is 1.91. The van der Waals surface area contributed by atoms with E-state index in [-0.39, 0.29) is 12.4 Å². The van der Waals surface area contributed by atoms with Crippen LogP contribution in [0.4, 0.5) is 5.69 Å². The van der Waals surface area contributed by atoms with Crippen molar-refractivity contribution in [1.29, 1.82) is 0 Å². The van der Waals surface area contributed by atoms with E-state index in [1.54, 1.807) is 0 Å². The summed E-state index contributed by atoms with van der Waals surface area (Å²) in [5.41, 5.74) is 3.19. The number of pyridine rings is 1. The smallest absolute Gasteiger partial charge is 0.0933 e. The van der Waals surface area contributed by atoms with Crippen molar-refractivity contribution in [3.05, 3.63) is 48.7 Å². The average Bonchev–Trinajstić information content (AvgIpc) is 2.30. The van der Waals surface area contributed by atoms with E-state index in [4.69, 9.17) is 0 Å². The van der Waals surface area contributed by atoms with Gasteiger partial charge >= 0.3 is 0 Å². The standard InChI is InChI=1S/C12H12N2.ClH/c1-13-11-8-5-9-14-12(11)10-6-3-2-4-7-10;/h2-9,13H,1H3;1H. The van der Waals surface area contributed by atoms with Crippen LogP contribution in [0.5, 0.6) is 0 Å². The Hall–Kier alpha value is -1.54. The van der Waals surface area contributed by atoms with Gasteiger partial charge in [0.05, 0.1) is 11.4 Å². The second-order valence-electron chi connectivity index (χ2n) is 3.02. The van der Waals surface area contributed by atoms with E-state index in [1.165, 1.54) is 0 Å². The van der Waals surface area contributed by atoms with Crippen LogP contribution in [0.25, 0.3) is 11.3 Å². The normalized spacial score (nSPS) is 9.13. The second kappa shape index (κ2) is 5.37. The molecule has 2 aromatic rings. The molecule has 2 nitrogen and oxygen atoms in total. The van der Waals surface area contributed by atoms with Crippen molar-refractivity contribution >= 4 is 18.1 Å². The van der Waals surface area contributed by atoms with Gasteiger partial charge in [0.1, 0.15) is 0 Å². The van der Waals surface area contributed by atoms with E-state index in [2.05, 4.69) is 22.4 Å². The van der Waals surface area contributed by atoms with Gasteiger partial charge in [-0.25, -0.2) is 0 Å². The fourth-order valence-electron chi connectivity index (χ4n) is 1.43. The Morgan fingerprint density at radius 3 is 2.40 bits per heavy atom. The highest BCUT2D eigenvalue weighted by atomic mass is 35.5. The molecule has 0 saturated heterocycles. The Morgan fingerprint density at radius 2 is 1.73 bits per heavy atom. The summed E-state index contributed by atoms with van der Waals surface area (Å²) in [4.78, 5) is 4.36. The maximum absolute atomic E-state index is 4.36. The predicted molar refractivity (Wildman–Crippen MR) is 66.5 cm³/mol. The average molecular weight is 221 g/mol. The van der Waals surface area contributed by atoms with E-state index in [1.807, 2.05) is 43.6 Å². The third kappa shape index (κ3) is 2.48. The van der Waals surface area contributed by atoms with Crippen LogP contribution in [0.1, 0.15) is 0 Å². The molecule has 0 atom stereocenters. The van der Waals surface area contributed by atoms with Crippen LogP contribution < -0.4 is 5.32 Å². The zero-order valence-electron chi connectivity index (χ0n) is 8.47. The van der Waals surface area contributed by atoms with Crippen LogP contribution in [0.15, 0.2) is 48.7 Å². The lowest BCUT2D eigenvalue weighted by molar-refractivity contribution is 1.31. The molecule has 0 saturated carbocycles. The van der Waals surface area contributed by atoms with Crippen molar-refractivity contribution in [3.8, 4) is 11.3 Å². The molecule has 0 bridgehead atoms. The van der Waals surface area contributed by atoms with Gasteiger partial charge in [-0.05, 0) is 12.1 Å². The van der Waals surface area contributed by atoms with Crippen LogP contribution in [0.3, 0.4) is 0 Å². The van der Waals surface area contributed by atoms with E-state index >= 15 is 0 Å². The van der Waals surface area contributed by atoms with Crippen LogP contribution in [-0.4, -0.2) is 12.0 Å². The van der Waals surface area contributed by atoms with Crippen LogP contribution >= 0.6 is 12.4 Å². The Labute approximate surface area is 95.8 Å². The van der Waals surface area contributed by atoms with Crippen LogP contribution in [-0.2, 0) is 0 Å². The summed E-state index contributed by atoms with van der Waals surface area (Å²) in [6, 6.07) is 14.1. The minimum absolute atomic E-state index is 0. The SMILES string of the molecule is CNc1cccnc1-c1ccccc1.Cl. The van der Waals surface area contributed by atoms with Gasteiger partial charge in [-0.2, -0.15) is 0 Å². The fourth-order valence-corrected chi connectivity index (χ4v) is 1.43. The van der Waals surface area contributed by atoms with Gasteiger partial charge in [-0.3, -0.25) is 4.98 Å². The summed E-state index contributed by atoms with van der Waals surface area (Å²) in [6.07, 6.45) is 1.81. The summed E-state index contributed by atoms with van der Waals surface area (Å²) >= 11 is 0. The number of rotatable bonds is 2. The van der Waals surface area contributed by atoms with Gasteiger partial charge in [-0.1, -0.05) is 30.3 Å². The highest BCUT2D eigenvalue weighted by molar-refractivity contribution is 5.85. The number of anilines is 1.